The minimum absolute atomic E-state index is 0.0670. The fourth-order valence-electron chi connectivity index (χ4n) is 2.82. The van der Waals surface area contributed by atoms with Crippen LogP contribution in [0, 0.1) is 11.3 Å². The Balaban J connectivity index is 1.90. The largest absolute Gasteiger partial charge is 0.298 e. The number of halogens is 1. The third-order valence-electron chi connectivity index (χ3n) is 4.06. The van der Waals surface area contributed by atoms with Crippen molar-refractivity contribution in [3.8, 4) is 6.07 Å². The molecule has 0 amide bonds. The van der Waals surface area contributed by atoms with Gasteiger partial charge in [-0.05, 0) is 54.6 Å². The predicted octanol–water partition coefficient (Wildman–Crippen LogP) is 4.19. The van der Waals surface area contributed by atoms with E-state index in [4.69, 9.17) is 16.9 Å². The van der Waals surface area contributed by atoms with E-state index in [1.54, 1.807) is 12.1 Å². The van der Waals surface area contributed by atoms with E-state index in [0.717, 1.165) is 22.3 Å². The maximum atomic E-state index is 12.8. The summed E-state index contributed by atoms with van der Waals surface area (Å²) in [5, 5.41) is 9.55. The number of Topliss-reactive ketones (excluding diaryl/α,β-unsaturated/α-hetero) is 1. The molecule has 25 heavy (non-hydrogen) atoms. The van der Waals surface area contributed by atoms with Crippen molar-refractivity contribution in [3.63, 3.8) is 0 Å². The molecule has 0 unspecified atom stereocenters. The third kappa shape index (κ3) is 4.24. The predicted molar refractivity (Wildman–Crippen MR) is 101 cm³/mol. The maximum Gasteiger partial charge on any atom is 0.187 e. The molecule has 1 saturated heterocycles. The molecule has 3 nitrogen and oxygen atoms in total. The van der Waals surface area contributed by atoms with Crippen LogP contribution in [0.3, 0.4) is 0 Å². The Morgan fingerprint density at radius 3 is 1.92 bits per heavy atom. The van der Waals surface area contributed by atoms with E-state index >= 15 is 0 Å². The molecule has 0 bridgehead atoms. The molecule has 3 rings (SSSR count). The van der Waals surface area contributed by atoms with Crippen molar-refractivity contribution in [2.24, 2.45) is 0 Å². The zero-order valence-electron chi connectivity index (χ0n) is 13.9. The molecule has 1 aliphatic rings. The van der Waals surface area contributed by atoms with Gasteiger partial charge < -0.3 is 0 Å². The van der Waals surface area contributed by atoms with Crippen LogP contribution in [-0.2, 0) is 4.79 Å². The van der Waals surface area contributed by atoms with Crippen molar-refractivity contribution < 1.29 is 4.79 Å². The van der Waals surface area contributed by atoms with Crippen molar-refractivity contribution in [1.82, 2.24) is 4.90 Å². The second-order valence-corrected chi connectivity index (χ2v) is 6.56. The summed E-state index contributed by atoms with van der Waals surface area (Å²) in [5.41, 5.74) is 4.00. The first-order valence-corrected chi connectivity index (χ1v) is 8.33. The topological polar surface area (TPSA) is 44.1 Å². The highest BCUT2D eigenvalue weighted by Gasteiger charge is 2.23. The molecule has 1 fully saturated rings. The van der Waals surface area contributed by atoms with Gasteiger partial charge in [-0.2, -0.15) is 5.26 Å². The monoisotopic (exact) mass is 348 g/mol. The van der Waals surface area contributed by atoms with E-state index < -0.39 is 0 Å². The fraction of sp³-hybridized carbons (Fsp3) is 0.143. The standard InChI is InChI=1S/C21H17ClN2O/c1-24-13-18(10-15-2-4-17(12-23)5-3-15)21(25)19(14-24)11-16-6-8-20(22)9-7-16/h2-11H,13-14H2,1H3/b18-10+,19-11+. The summed E-state index contributed by atoms with van der Waals surface area (Å²) in [6, 6.07) is 16.8. The van der Waals surface area contributed by atoms with Gasteiger partial charge in [-0.15, -0.1) is 0 Å². The van der Waals surface area contributed by atoms with Gasteiger partial charge >= 0.3 is 0 Å². The normalized spacial score (nSPS) is 18.5. The Bertz CT molecular complexity index is 887. The van der Waals surface area contributed by atoms with E-state index in [0.29, 0.717) is 23.7 Å². The van der Waals surface area contributed by atoms with Crippen LogP contribution in [0.2, 0.25) is 5.02 Å². The number of hydrogen-bond donors (Lipinski definition) is 0. The van der Waals surface area contributed by atoms with Gasteiger partial charge in [-0.1, -0.05) is 35.9 Å². The lowest BCUT2D eigenvalue weighted by molar-refractivity contribution is -0.113. The number of ketones is 1. The van der Waals surface area contributed by atoms with Crippen LogP contribution in [0.1, 0.15) is 16.7 Å². The smallest absolute Gasteiger partial charge is 0.187 e. The van der Waals surface area contributed by atoms with Crippen LogP contribution in [0.15, 0.2) is 59.7 Å². The molecule has 2 aromatic carbocycles. The highest BCUT2D eigenvalue weighted by Crippen LogP contribution is 2.22. The van der Waals surface area contributed by atoms with Crippen LogP contribution in [0.25, 0.3) is 12.2 Å². The number of likely N-dealkylation sites (tertiary alicyclic amines) is 1. The van der Waals surface area contributed by atoms with E-state index in [-0.39, 0.29) is 5.78 Å². The van der Waals surface area contributed by atoms with Crippen molar-refractivity contribution in [3.05, 3.63) is 81.4 Å². The number of hydrogen-bond acceptors (Lipinski definition) is 3. The minimum atomic E-state index is 0.0670. The summed E-state index contributed by atoms with van der Waals surface area (Å²) in [6.45, 7) is 1.23. The van der Waals surface area contributed by atoms with Gasteiger partial charge in [0.15, 0.2) is 5.78 Å². The van der Waals surface area contributed by atoms with Gasteiger partial charge in [-0.3, -0.25) is 9.69 Å². The van der Waals surface area contributed by atoms with Gasteiger partial charge in [0.2, 0.25) is 0 Å². The molecule has 0 radical (unpaired) electrons. The van der Waals surface area contributed by atoms with E-state index in [1.807, 2.05) is 55.6 Å². The van der Waals surface area contributed by atoms with E-state index in [1.165, 1.54) is 0 Å². The zero-order chi connectivity index (χ0) is 17.8. The molecular weight excluding hydrogens is 332 g/mol. The molecule has 0 spiro atoms. The SMILES string of the molecule is CN1C/C(=C\c2ccc(Cl)cc2)C(=O)/C(=C/c2ccc(C#N)cc2)C1. The molecular formula is C21H17ClN2O. The van der Waals surface area contributed by atoms with Gasteiger partial charge in [0.1, 0.15) is 0 Å². The highest BCUT2D eigenvalue weighted by atomic mass is 35.5. The molecule has 1 aliphatic heterocycles. The first-order valence-electron chi connectivity index (χ1n) is 7.95. The Kier molecular flexibility index (Phi) is 5.14. The summed E-state index contributed by atoms with van der Waals surface area (Å²) in [4.78, 5) is 14.9. The number of rotatable bonds is 2. The van der Waals surface area contributed by atoms with Crippen molar-refractivity contribution in [1.29, 1.82) is 5.26 Å². The lowest BCUT2D eigenvalue weighted by atomic mass is 9.94. The van der Waals surface area contributed by atoms with Crippen molar-refractivity contribution in [2.75, 3.05) is 20.1 Å². The van der Waals surface area contributed by atoms with E-state index in [9.17, 15) is 4.79 Å². The summed E-state index contributed by atoms with van der Waals surface area (Å²) in [6.07, 6.45) is 3.82. The number of benzene rings is 2. The molecule has 0 aromatic heterocycles. The lowest BCUT2D eigenvalue weighted by Gasteiger charge is -2.26. The number of likely N-dealkylation sites (N-methyl/N-ethyl adjacent to an activating group) is 1. The fourth-order valence-corrected chi connectivity index (χ4v) is 2.95. The van der Waals surface area contributed by atoms with Gasteiger partial charge in [0.25, 0.3) is 0 Å². The molecule has 0 atom stereocenters. The second-order valence-electron chi connectivity index (χ2n) is 6.13. The molecule has 4 heteroatoms. The average Bonchev–Trinajstić information content (AvgIpc) is 2.61. The number of carbonyl (C=O) groups excluding carboxylic acids is 1. The Hall–Kier alpha value is -2.67. The third-order valence-corrected chi connectivity index (χ3v) is 4.31. The van der Waals surface area contributed by atoms with E-state index in [2.05, 4.69) is 11.0 Å². The maximum absolute atomic E-state index is 12.8. The van der Waals surface area contributed by atoms with Crippen LogP contribution in [0.4, 0.5) is 0 Å². The molecule has 2 aromatic rings. The molecule has 0 aliphatic carbocycles. The minimum Gasteiger partial charge on any atom is -0.298 e. The second kappa shape index (κ2) is 7.48. The summed E-state index contributed by atoms with van der Waals surface area (Å²) >= 11 is 5.92. The number of nitrogens with zero attached hydrogens (tertiary/aromatic N) is 2. The van der Waals surface area contributed by atoms with Crippen LogP contribution < -0.4 is 0 Å². The van der Waals surface area contributed by atoms with Crippen molar-refractivity contribution >= 4 is 29.5 Å². The van der Waals surface area contributed by atoms with Crippen LogP contribution in [0.5, 0.6) is 0 Å². The Labute approximate surface area is 152 Å². The summed E-state index contributed by atoms with van der Waals surface area (Å²) in [7, 11) is 1.99. The number of piperidine rings is 1. The Morgan fingerprint density at radius 2 is 1.44 bits per heavy atom. The lowest BCUT2D eigenvalue weighted by Crippen LogP contribution is -2.34. The van der Waals surface area contributed by atoms with Crippen molar-refractivity contribution in [2.45, 2.75) is 0 Å². The number of carbonyl (C=O) groups is 1. The van der Waals surface area contributed by atoms with Crippen LogP contribution in [-0.4, -0.2) is 30.8 Å². The van der Waals surface area contributed by atoms with Gasteiger partial charge in [0.05, 0.1) is 11.6 Å². The Morgan fingerprint density at radius 1 is 0.960 bits per heavy atom. The summed E-state index contributed by atoms with van der Waals surface area (Å²) in [5.74, 6) is 0.0670. The average molecular weight is 349 g/mol. The first kappa shape index (κ1) is 17.2. The quantitative estimate of drug-likeness (QED) is 0.764. The summed E-state index contributed by atoms with van der Waals surface area (Å²) < 4.78 is 0. The van der Waals surface area contributed by atoms with Crippen LogP contribution >= 0.6 is 11.6 Å². The number of nitriles is 1. The zero-order valence-corrected chi connectivity index (χ0v) is 14.6. The molecule has 124 valence electrons. The van der Waals surface area contributed by atoms with Gasteiger partial charge in [-0.25, -0.2) is 0 Å². The molecule has 1 heterocycles. The molecule has 0 N–H and O–H groups in total. The molecule has 0 saturated carbocycles. The first-order chi connectivity index (χ1) is 12.0. The highest BCUT2D eigenvalue weighted by molar-refractivity contribution is 6.30. The van der Waals surface area contributed by atoms with Gasteiger partial charge in [0, 0.05) is 29.3 Å².